The number of nitrogens with one attached hydrogen (secondary N) is 1. The van der Waals surface area contributed by atoms with Crippen LogP contribution in [0, 0.1) is 5.92 Å². The largest absolute Gasteiger partial charge is 0.314 e. The second-order valence-electron chi connectivity index (χ2n) is 6.24. The molecule has 106 valence electrons. The summed E-state index contributed by atoms with van der Waals surface area (Å²) in [4.78, 5) is 0. The maximum Gasteiger partial charge on any atom is 0.00670 e. The zero-order valence-corrected chi connectivity index (χ0v) is 12.6. The third-order valence-electron chi connectivity index (χ3n) is 4.77. The summed E-state index contributed by atoms with van der Waals surface area (Å²) in [6.07, 6.45) is 8.44. The van der Waals surface area contributed by atoms with Crippen molar-refractivity contribution in [2.75, 3.05) is 6.54 Å². The molecule has 1 N–H and O–H groups in total. The van der Waals surface area contributed by atoms with Gasteiger partial charge in [-0.25, -0.2) is 0 Å². The van der Waals surface area contributed by atoms with Crippen molar-refractivity contribution in [3.05, 3.63) is 35.9 Å². The van der Waals surface area contributed by atoms with Crippen LogP contribution in [0.5, 0.6) is 0 Å². The van der Waals surface area contributed by atoms with Crippen LogP contribution in [0.15, 0.2) is 30.3 Å². The highest BCUT2D eigenvalue weighted by molar-refractivity contribution is 5.18. The van der Waals surface area contributed by atoms with Crippen LogP contribution in [0.3, 0.4) is 0 Å². The van der Waals surface area contributed by atoms with Crippen molar-refractivity contribution in [2.45, 2.75) is 64.3 Å². The maximum absolute atomic E-state index is 3.75. The summed E-state index contributed by atoms with van der Waals surface area (Å²) in [7, 11) is 0. The lowest BCUT2D eigenvalue weighted by atomic mass is 9.84. The van der Waals surface area contributed by atoms with E-state index in [-0.39, 0.29) is 0 Å². The second-order valence-corrected chi connectivity index (χ2v) is 6.24. The molecule has 1 aromatic rings. The highest BCUT2D eigenvalue weighted by atomic mass is 14.9. The first-order valence-corrected chi connectivity index (χ1v) is 8.05. The van der Waals surface area contributed by atoms with Gasteiger partial charge in [0.1, 0.15) is 0 Å². The molecule has 0 saturated heterocycles. The molecule has 1 aromatic carbocycles. The van der Waals surface area contributed by atoms with E-state index in [1.54, 1.807) is 0 Å². The van der Waals surface area contributed by atoms with Crippen LogP contribution >= 0.6 is 0 Å². The molecule has 0 amide bonds. The first-order chi connectivity index (χ1) is 9.27. The molecule has 0 aliphatic heterocycles. The molecule has 1 heteroatoms. The van der Waals surface area contributed by atoms with Gasteiger partial charge in [-0.1, -0.05) is 56.5 Å². The number of hydrogen-bond acceptors (Lipinski definition) is 1. The zero-order chi connectivity index (χ0) is 13.5. The van der Waals surface area contributed by atoms with E-state index in [9.17, 15) is 0 Å². The lowest BCUT2D eigenvalue weighted by Gasteiger charge is -2.28. The molecule has 1 unspecified atom stereocenters. The smallest absolute Gasteiger partial charge is 0.00670 e. The third kappa shape index (κ3) is 4.65. The Morgan fingerprint density at radius 3 is 2.42 bits per heavy atom. The van der Waals surface area contributed by atoms with Crippen LogP contribution < -0.4 is 5.32 Å². The van der Waals surface area contributed by atoms with Gasteiger partial charge in [0, 0.05) is 6.04 Å². The number of hydrogen-bond donors (Lipinski definition) is 1. The lowest BCUT2D eigenvalue weighted by molar-refractivity contribution is 0.280. The Balaban J connectivity index is 1.68. The zero-order valence-electron chi connectivity index (χ0n) is 12.6. The highest BCUT2D eigenvalue weighted by Crippen LogP contribution is 2.26. The van der Waals surface area contributed by atoms with Gasteiger partial charge >= 0.3 is 0 Å². The molecule has 1 nitrogen and oxygen atoms in total. The van der Waals surface area contributed by atoms with E-state index in [1.807, 2.05) is 0 Å². The van der Waals surface area contributed by atoms with Gasteiger partial charge in [-0.05, 0) is 50.1 Å². The molecule has 2 rings (SSSR count). The van der Waals surface area contributed by atoms with Crippen molar-refractivity contribution in [2.24, 2.45) is 5.92 Å². The SMILES string of the molecule is CC(CCN[C@H](C)C1CCCCC1)c1ccccc1. The van der Waals surface area contributed by atoms with Crippen molar-refractivity contribution in [1.29, 1.82) is 0 Å². The first kappa shape index (κ1) is 14.6. The van der Waals surface area contributed by atoms with E-state index in [4.69, 9.17) is 0 Å². The van der Waals surface area contributed by atoms with Gasteiger partial charge in [0.2, 0.25) is 0 Å². The third-order valence-corrected chi connectivity index (χ3v) is 4.77. The average molecular weight is 259 g/mol. The van der Waals surface area contributed by atoms with Crippen molar-refractivity contribution in [1.82, 2.24) is 5.32 Å². The molecule has 1 aliphatic rings. The van der Waals surface area contributed by atoms with E-state index >= 15 is 0 Å². The Labute approximate surface area is 118 Å². The van der Waals surface area contributed by atoms with Gasteiger partial charge in [0.25, 0.3) is 0 Å². The minimum absolute atomic E-state index is 0.659. The van der Waals surface area contributed by atoms with E-state index in [0.717, 1.165) is 12.5 Å². The minimum Gasteiger partial charge on any atom is -0.314 e. The van der Waals surface area contributed by atoms with E-state index < -0.39 is 0 Å². The summed E-state index contributed by atoms with van der Waals surface area (Å²) < 4.78 is 0. The van der Waals surface area contributed by atoms with Crippen molar-refractivity contribution in [3.63, 3.8) is 0 Å². The standard InChI is InChI=1S/C18H29N/c1-15(17-9-5-3-6-10-17)13-14-19-16(2)18-11-7-4-8-12-18/h3,5-6,9-10,15-16,18-19H,4,7-8,11-14H2,1-2H3/t15?,16-/m1/s1. The summed E-state index contributed by atoms with van der Waals surface area (Å²) in [5.74, 6) is 1.58. The Morgan fingerprint density at radius 2 is 1.74 bits per heavy atom. The summed E-state index contributed by atoms with van der Waals surface area (Å²) in [5, 5.41) is 3.75. The molecular weight excluding hydrogens is 230 g/mol. The predicted octanol–water partition coefficient (Wildman–Crippen LogP) is 4.74. The monoisotopic (exact) mass is 259 g/mol. The van der Waals surface area contributed by atoms with Gasteiger partial charge in [0.15, 0.2) is 0 Å². The molecule has 1 aliphatic carbocycles. The molecule has 2 atom stereocenters. The summed E-state index contributed by atoms with van der Waals surface area (Å²) in [6.45, 7) is 5.86. The quantitative estimate of drug-likeness (QED) is 0.778. The van der Waals surface area contributed by atoms with Crippen LogP contribution in [0.4, 0.5) is 0 Å². The fourth-order valence-corrected chi connectivity index (χ4v) is 3.28. The van der Waals surface area contributed by atoms with Crippen LogP contribution in [-0.2, 0) is 0 Å². The van der Waals surface area contributed by atoms with Crippen LogP contribution in [0.25, 0.3) is 0 Å². The van der Waals surface area contributed by atoms with Gasteiger partial charge in [-0.15, -0.1) is 0 Å². The number of benzene rings is 1. The first-order valence-electron chi connectivity index (χ1n) is 8.05. The molecular formula is C18H29N. The average Bonchev–Trinajstić information content (AvgIpc) is 2.49. The fourth-order valence-electron chi connectivity index (χ4n) is 3.28. The molecule has 0 spiro atoms. The molecule has 0 heterocycles. The Bertz CT molecular complexity index is 340. The van der Waals surface area contributed by atoms with Gasteiger partial charge in [-0.2, -0.15) is 0 Å². The Hall–Kier alpha value is -0.820. The molecule has 19 heavy (non-hydrogen) atoms. The Kier molecular flexibility index (Phi) is 5.91. The van der Waals surface area contributed by atoms with Crippen molar-refractivity contribution < 1.29 is 0 Å². The topological polar surface area (TPSA) is 12.0 Å². The van der Waals surface area contributed by atoms with E-state index in [0.29, 0.717) is 12.0 Å². The highest BCUT2D eigenvalue weighted by Gasteiger charge is 2.19. The van der Waals surface area contributed by atoms with Gasteiger partial charge in [-0.3, -0.25) is 0 Å². The predicted molar refractivity (Wildman–Crippen MR) is 83.5 cm³/mol. The summed E-state index contributed by atoms with van der Waals surface area (Å²) in [6, 6.07) is 11.6. The Morgan fingerprint density at radius 1 is 1.05 bits per heavy atom. The van der Waals surface area contributed by atoms with Gasteiger partial charge in [0.05, 0.1) is 0 Å². The minimum atomic E-state index is 0.659. The molecule has 0 radical (unpaired) electrons. The molecule has 0 aromatic heterocycles. The number of rotatable bonds is 6. The van der Waals surface area contributed by atoms with Crippen LogP contribution in [0.2, 0.25) is 0 Å². The fraction of sp³-hybridized carbons (Fsp3) is 0.667. The van der Waals surface area contributed by atoms with Crippen molar-refractivity contribution >= 4 is 0 Å². The van der Waals surface area contributed by atoms with Crippen LogP contribution in [-0.4, -0.2) is 12.6 Å². The van der Waals surface area contributed by atoms with Crippen LogP contribution in [0.1, 0.15) is 63.9 Å². The summed E-state index contributed by atoms with van der Waals surface area (Å²) in [5.41, 5.74) is 1.47. The normalized spacial score (nSPS) is 20.1. The van der Waals surface area contributed by atoms with E-state index in [1.165, 1.54) is 44.1 Å². The molecule has 0 bridgehead atoms. The van der Waals surface area contributed by atoms with E-state index in [2.05, 4.69) is 49.5 Å². The van der Waals surface area contributed by atoms with Gasteiger partial charge < -0.3 is 5.32 Å². The molecule has 1 saturated carbocycles. The second kappa shape index (κ2) is 7.69. The summed E-state index contributed by atoms with van der Waals surface area (Å²) >= 11 is 0. The lowest BCUT2D eigenvalue weighted by Crippen LogP contribution is -2.35. The maximum atomic E-state index is 3.75. The molecule has 1 fully saturated rings. The van der Waals surface area contributed by atoms with Crippen molar-refractivity contribution in [3.8, 4) is 0 Å².